The molecule has 11 heteroatoms. The Morgan fingerprint density at radius 2 is 1.68 bits per heavy atom. The maximum atomic E-state index is 13.5. The monoisotopic (exact) mass is 522 g/mol. The molecule has 0 spiro atoms. The number of benzene rings is 1. The van der Waals surface area contributed by atoms with E-state index in [2.05, 4.69) is 9.89 Å². The summed E-state index contributed by atoms with van der Waals surface area (Å²) in [5.74, 6) is -0.904. The van der Waals surface area contributed by atoms with Crippen molar-refractivity contribution in [2.45, 2.75) is 95.4 Å². The first-order valence-electron chi connectivity index (χ1n) is 12.5. The molecule has 1 amide bonds. The van der Waals surface area contributed by atoms with Crippen LogP contribution in [0, 0.1) is 0 Å². The highest BCUT2D eigenvalue weighted by molar-refractivity contribution is 5.98. The van der Waals surface area contributed by atoms with Crippen LogP contribution in [-0.2, 0) is 9.47 Å². The predicted octanol–water partition coefficient (Wildman–Crippen LogP) is 6.20. The molecular formula is C26H29F3N2O6. The van der Waals surface area contributed by atoms with Gasteiger partial charge in [-0.2, -0.15) is 0 Å². The second-order valence-electron chi connectivity index (χ2n) is 10.9. The first-order chi connectivity index (χ1) is 17.4. The quantitative estimate of drug-likeness (QED) is 0.432. The van der Waals surface area contributed by atoms with Crippen LogP contribution in [0.15, 0.2) is 28.8 Å². The minimum Gasteiger partial charge on any atom is -0.458 e. The number of carbonyl (C=O) groups is 2. The molecule has 3 heterocycles. The van der Waals surface area contributed by atoms with E-state index in [9.17, 15) is 22.8 Å². The minimum absolute atomic E-state index is 0.0118. The predicted molar refractivity (Wildman–Crippen MR) is 124 cm³/mol. The molecule has 2 atom stereocenters. The van der Waals surface area contributed by atoms with Crippen molar-refractivity contribution in [3.8, 4) is 17.0 Å². The second-order valence-corrected chi connectivity index (χ2v) is 10.9. The molecule has 1 saturated carbocycles. The van der Waals surface area contributed by atoms with E-state index in [-0.39, 0.29) is 40.9 Å². The molecule has 0 radical (unpaired) electrons. The second kappa shape index (κ2) is 9.25. The van der Waals surface area contributed by atoms with E-state index in [1.165, 1.54) is 18.2 Å². The number of ether oxygens (including phenoxy) is 3. The molecule has 1 aromatic carbocycles. The molecule has 2 aromatic rings. The average molecular weight is 523 g/mol. The summed E-state index contributed by atoms with van der Waals surface area (Å²) in [4.78, 5) is 27.9. The number of nitrogens with zero attached hydrogens (tertiary/aromatic N) is 2. The van der Waals surface area contributed by atoms with E-state index < -0.39 is 29.8 Å². The minimum atomic E-state index is -4.92. The summed E-state index contributed by atoms with van der Waals surface area (Å²) in [6, 6.07) is 5.26. The molecule has 1 aromatic heterocycles. The molecule has 2 saturated heterocycles. The van der Waals surface area contributed by atoms with Gasteiger partial charge in [-0.15, -0.1) is 13.2 Å². The number of aromatic nitrogens is 1. The molecule has 3 fully saturated rings. The van der Waals surface area contributed by atoms with Crippen LogP contribution < -0.4 is 4.74 Å². The molecule has 3 aliphatic rings. The SMILES string of the molecule is CC(C)(C)OC(=O)N1C2CCC1CC(OC(=O)c1c(-c3ccccc3OC(F)(F)F)noc1C1CC1)C2. The zero-order valence-corrected chi connectivity index (χ0v) is 20.8. The number of para-hydroxylation sites is 1. The van der Waals surface area contributed by atoms with Crippen molar-refractivity contribution in [3.05, 3.63) is 35.6 Å². The lowest BCUT2D eigenvalue weighted by Crippen LogP contribution is -2.50. The van der Waals surface area contributed by atoms with Crippen molar-refractivity contribution in [3.63, 3.8) is 0 Å². The van der Waals surface area contributed by atoms with Crippen molar-refractivity contribution in [2.75, 3.05) is 0 Å². The van der Waals surface area contributed by atoms with Gasteiger partial charge in [0.2, 0.25) is 0 Å². The van der Waals surface area contributed by atoms with Crippen LogP contribution >= 0.6 is 0 Å². The van der Waals surface area contributed by atoms with Crippen LogP contribution in [0.3, 0.4) is 0 Å². The van der Waals surface area contributed by atoms with E-state index in [4.69, 9.17) is 14.0 Å². The molecule has 1 aliphatic carbocycles. The highest BCUT2D eigenvalue weighted by atomic mass is 19.4. The van der Waals surface area contributed by atoms with Crippen LogP contribution in [0.2, 0.25) is 0 Å². The van der Waals surface area contributed by atoms with Gasteiger partial charge in [-0.25, -0.2) is 9.59 Å². The molecule has 8 nitrogen and oxygen atoms in total. The lowest BCUT2D eigenvalue weighted by molar-refractivity contribution is -0.274. The zero-order valence-electron chi connectivity index (χ0n) is 20.8. The number of hydrogen-bond acceptors (Lipinski definition) is 7. The summed E-state index contributed by atoms with van der Waals surface area (Å²) in [6.45, 7) is 5.44. The fraction of sp³-hybridized carbons (Fsp3) is 0.577. The van der Waals surface area contributed by atoms with Crippen LogP contribution in [0.1, 0.15) is 81.3 Å². The Kier molecular flexibility index (Phi) is 6.35. The fourth-order valence-corrected chi connectivity index (χ4v) is 5.23. The van der Waals surface area contributed by atoms with Gasteiger partial charge in [0, 0.05) is 36.4 Å². The summed E-state index contributed by atoms with van der Waals surface area (Å²) >= 11 is 0. The first kappa shape index (κ1) is 25.4. The molecule has 5 rings (SSSR count). The Morgan fingerprint density at radius 3 is 2.27 bits per heavy atom. The molecule has 37 heavy (non-hydrogen) atoms. The third kappa shape index (κ3) is 5.55. The Labute approximate surface area is 212 Å². The van der Waals surface area contributed by atoms with Gasteiger partial charge in [-0.1, -0.05) is 17.3 Å². The number of esters is 1. The number of carbonyl (C=O) groups excluding carboxylic acids is 2. The number of halogens is 3. The summed E-state index contributed by atoms with van der Waals surface area (Å²) in [7, 11) is 0. The Hall–Kier alpha value is -3.24. The molecule has 200 valence electrons. The number of alkyl halides is 3. The molecule has 0 N–H and O–H groups in total. The van der Waals surface area contributed by atoms with Crippen molar-refractivity contribution < 1.29 is 41.5 Å². The third-order valence-corrected chi connectivity index (χ3v) is 6.81. The molecule has 2 unspecified atom stereocenters. The zero-order chi connectivity index (χ0) is 26.5. The van der Waals surface area contributed by atoms with Gasteiger partial charge in [0.1, 0.15) is 28.7 Å². The van der Waals surface area contributed by atoms with Crippen LogP contribution in [0.25, 0.3) is 11.3 Å². The molecule has 2 bridgehead atoms. The summed E-state index contributed by atoms with van der Waals surface area (Å²) in [5.41, 5.74) is -0.638. The summed E-state index contributed by atoms with van der Waals surface area (Å²) in [6.07, 6.45) is -1.70. The standard InChI is InChI=1S/C26H29F3N2O6/c1-25(2,3)36-24(33)31-15-10-11-16(31)13-17(12-15)34-23(32)20-21(30-37-22(20)14-8-9-14)18-6-4-5-7-19(18)35-26(27,28)29/h4-7,14-17H,8-13H2,1-3H3. The van der Waals surface area contributed by atoms with Crippen LogP contribution in [0.4, 0.5) is 18.0 Å². The average Bonchev–Trinajstić information content (AvgIpc) is 3.46. The van der Waals surface area contributed by atoms with E-state index in [0.29, 0.717) is 18.6 Å². The van der Waals surface area contributed by atoms with E-state index >= 15 is 0 Å². The van der Waals surface area contributed by atoms with Gasteiger partial charge < -0.3 is 23.6 Å². The topological polar surface area (TPSA) is 91.1 Å². The van der Waals surface area contributed by atoms with E-state index in [0.717, 1.165) is 31.7 Å². The van der Waals surface area contributed by atoms with Crippen molar-refractivity contribution in [2.24, 2.45) is 0 Å². The maximum absolute atomic E-state index is 13.5. The number of amides is 1. The summed E-state index contributed by atoms with van der Waals surface area (Å²) < 4.78 is 60.1. The van der Waals surface area contributed by atoms with Gasteiger partial charge in [-0.05, 0) is 58.6 Å². The number of fused-ring (bicyclic) bond motifs is 2. The van der Waals surface area contributed by atoms with Crippen LogP contribution in [-0.4, -0.2) is 52.3 Å². The smallest absolute Gasteiger partial charge is 0.458 e. The fourth-order valence-electron chi connectivity index (χ4n) is 5.23. The highest BCUT2D eigenvalue weighted by Gasteiger charge is 2.47. The van der Waals surface area contributed by atoms with Crippen molar-refractivity contribution >= 4 is 12.1 Å². The molecular weight excluding hydrogens is 493 g/mol. The van der Waals surface area contributed by atoms with Gasteiger partial charge in [0.25, 0.3) is 0 Å². The van der Waals surface area contributed by atoms with Crippen molar-refractivity contribution in [1.82, 2.24) is 10.1 Å². The number of rotatable bonds is 5. The summed E-state index contributed by atoms with van der Waals surface area (Å²) in [5, 5.41) is 3.97. The van der Waals surface area contributed by atoms with Crippen molar-refractivity contribution in [1.29, 1.82) is 0 Å². The first-order valence-corrected chi connectivity index (χ1v) is 12.5. The molecule has 2 aliphatic heterocycles. The number of hydrogen-bond donors (Lipinski definition) is 0. The van der Waals surface area contributed by atoms with Gasteiger partial charge >= 0.3 is 18.4 Å². The lowest BCUT2D eigenvalue weighted by Gasteiger charge is -2.39. The highest BCUT2D eigenvalue weighted by Crippen LogP contribution is 2.46. The Bertz CT molecular complexity index is 1170. The third-order valence-electron chi connectivity index (χ3n) is 6.81. The van der Waals surface area contributed by atoms with E-state index in [1.807, 2.05) is 20.8 Å². The van der Waals surface area contributed by atoms with Gasteiger partial charge in [-0.3, -0.25) is 0 Å². The van der Waals surface area contributed by atoms with Crippen LogP contribution in [0.5, 0.6) is 5.75 Å². The van der Waals surface area contributed by atoms with Gasteiger partial charge in [0.05, 0.1) is 0 Å². The van der Waals surface area contributed by atoms with E-state index in [1.54, 1.807) is 4.90 Å². The maximum Gasteiger partial charge on any atom is 0.573 e. The number of piperidine rings is 1. The lowest BCUT2D eigenvalue weighted by atomic mass is 9.99. The van der Waals surface area contributed by atoms with Gasteiger partial charge in [0.15, 0.2) is 5.76 Å². The Balaban J connectivity index is 1.37. The Morgan fingerprint density at radius 1 is 1.03 bits per heavy atom. The normalized spacial score (nSPS) is 23.6. The largest absolute Gasteiger partial charge is 0.573 e.